The summed E-state index contributed by atoms with van der Waals surface area (Å²) in [5.74, 6) is -0.0908. The number of hydrogen-bond donors (Lipinski definition) is 2. The SMILES string of the molecule is C[NH+](CC(=O)Nc1cc(Cl)cc(Cl)c1)Cc1nc2ccccc2s1. The molecule has 0 saturated heterocycles. The number of thiazole rings is 1. The Morgan fingerprint density at radius 2 is 1.92 bits per heavy atom. The van der Waals surface area contributed by atoms with E-state index in [2.05, 4.69) is 16.4 Å². The van der Waals surface area contributed by atoms with Gasteiger partial charge in [0, 0.05) is 15.7 Å². The van der Waals surface area contributed by atoms with Gasteiger partial charge in [-0.15, -0.1) is 11.3 Å². The van der Waals surface area contributed by atoms with Crippen molar-refractivity contribution >= 4 is 56.3 Å². The molecule has 0 bridgehead atoms. The first-order valence-electron chi connectivity index (χ1n) is 7.41. The number of carbonyl (C=O) groups excluding carboxylic acids is 1. The maximum absolute atomic E-state index is 12.2. The Morgan fingerprint density at radius 3 is 2.62 bits per heavy atom. The second-order valence-electron chi connectivity index (χ2n) is 5.59. The highest BCUT2D eigenvalue weighted by molar-refractivity contribution is 7.18. The third kappa shape index (κ3) is 4.45. The van der Waals surface area contributed by atoms with Crippen LogP contribution in [0.25, 0.3) is 10.2 Å². The fourth-order valence-electron chi connectivity index (χ4n) is 2.42. The van der Waals surface area contributed by atoms with Gasteiger partial charge in [-0.25, -0.2) is 4.98 Å². The lowest BCUT2D eigenvalue weighted by molar-refractivity contribution is -0.885. The average molecular weight is 381 g/mol. The molecule has 1 aromatic heterocycles. The number of quaternary nitrogens is 1. The Balaban J connectivity index is 1.59. The Kier molecular flexibility index (Phi) is 5.36. The molecule has 124 valence electrons. The monoisotopic (exact) mass is 380 g/mol. The van der Waals surface area contributed by atoms with Crippen LogP contribution in [0.15, 0.2) is 42.5 Å². The molecule has 1 atom stereocenters. The summed E-state index contributed by atoms with van der Waals surface area (Å²) in [7, 11) is 1.97. The van der Waals surface area contributed by atoms with Crippen LogP contribution in [0.5, 0.6) is 0 Å². The van der Waals surface area contributed by atoms with Gasteiger partial charge >= 0.3 is 0 Å². The summed E-state index contributed by atoms with van der Waals surface area (Å²) < 4.78 is 1.17. The van der Waals surface area contributed by atoms with Gasteiger partial charge in [0.15, 0.2) is 6.54 Å². The average Bonchev–Trinajstić information content (AvgIpc) is 2.87. The normalized spacial score (nSPS) is 12.3. The van der Waals surface area contributed by atoms with Crippen molar-refractivity contribution < 1.29 is 9.69 Å². The highest BCUT2D eigenvalue weighted by atomic mass is 35.5. The molecule has 1 amide bonds. The Hall–Kier alpha value is -1.66. The first kappa shape index (κ1) is 17.2. The third-order valence-corrected chi connectivity index (χ3v) is 4.87. The van der Waals surface area contributed by atoms with Gasteiger partial charge in [-0.05, 0) is 30.3 Å². The number of benzene rings is 2. The fraction of sp³-hybridized carbons (Fsp3) is 0.176. The number of aromatic nitrogens is 1. The molecule has 1 unspecified atom stereocenters. The fourth-order valence-corrected chi connectivity index (χ4v) is 4.03. The van der Waals surface area contributed by atoms with Gasteiger partial charge in [0.25, 0.3) is 5.91 Å². The molecule has 24 heavy (non-hydrogen) atoms. The van der Waals surface area contributed by atoms with E-state index in [0.717, 1.165) is 15.4 Å². The number of halogens is 2. The van der Waals surface area contributed by atoms with E-state index >= 15 is 0 Å². The van der Waals surface area contributed by atoms with E-state index in [1.54, 1.807) is 29.5 Å². The van der Waals surface area contributed by atoms with Gasteiger partial charge in [-0.1, -0.05) is 35.3 Å². The molecule has 0 aliphatic rings. The molecule has 0 radical (unpaired) electrons. The number of carbonyl (C=O) groups is 1. The molecule has 3 rings (SSSR count). The van der Waals surface area contributed by atoms with E-state index in [1.165, 1.54) is 4.70 Å². The predicted octanol–water partition coefficient (Wildman–Crippen LogP) is 3.26. The molecule has 7 heteroatoms. The second kappa shape index (κ2) is 7.49. The van der Waals surface area contributed by atoms with Crippen LogP contribution in [0.2, 0.25) is 10.0 Å². The van der Waals surface area contributed by atoms with Gasteiger partial charge in [0.2, 0.25) is 0 Å². The number of para-hydroxylation sites is 1. The highest BCUT2D eigenvalue weighted by Crippen LogP contribution is 2.22. The molecule has 0 saturated carbocycles. The van der Waals surface area contributed by atoms with Gasteiger partial charge in [-0.3, -0.25) is 4.79 Å². The number of nitrogens with one attached hydrogen (secondary N) is 2. The number of fused-ring (bicyclic) bond motifs is 1. The van der Waals surface area contributed by atoms with E-state index < -0.39 is 0 Å². The maximum atomic E-state index is 12.2. The minimum absolute atomic E-state index is 0.0908. The number of hydrogen-bond acceptors (Lipinski definition) is 3. The standard InChI is InChI=1S/C17H15Cl2N3OS/c1-22(10-17-21-14-4-2-3-5-15(14)24-17)9-16(23)20-13-7-11(18)6-12(19)8-13/h2-8H,9-10H2,1H3,(H,20,23)/p+1. The third-order valence-electron chi connectivity index (χ3n) is 3.40. The first-order valence-corrected chi connectivity index (χ1v) is 8.98. The smallest absolute Gasteiger partial charge is 0.279 e. The number of likely N-dealkylation sites (N-methyl/N-ethyl adjacent to an activating group) is 1. The molecule has 0 spiro atoms. The van der Waals surface area contributed by atoms with Crippen LogP contribution in [-0.4, -0.2) is 24.5 Å². The molecule has 0 fully saturated rings. The lowest BCUT2D eigenvalue weighted by atomic mass is 10.3. The molecule has 3 aromatic rings. The van der Waals surface area contributed by atoms with Gasteiger partial charge < -0.3 is 10.2 Å². The maximum Gasteiger partial charge on any atom is 0.279 e. The van der Waals surface area contributed by atoms with Crippen LogP contribution in [0.3, 0.4) is 0 Å². The Bertz CT molecular complexity index is 828. The van der Waals surface area contributed by atoms with Crippen molar-refractivity contribution in [1.29, 1.82) is 0 Å². The molecule has 2 aromatic carbocycles. The molecule has 4 nitrogen and oxygen atoms in total. The molecule has 0 aliphatic carbocycles. The largest absolute Gasteiger partial charge is 0.324 e. The topological polar surface area (TPSA) is 46.4 Å². The van der Waals surface area contributed by atoms with Crippen LogP contribution in [0.1, 0.15) is 5.01 Å². The van der Waals surface area contributed by atoms with E-state index in [-0.39, 0.29) is 5.91 Å². The summed E-state index contributed by atoms with van der Waals surface area (Å²) in [6, 6.07) is 13.0. The first-order chi connectivity index (χ1) is 11.5. The number of anilines is 1. The van der Waals surface area contributed by atoms with E-state index in [4.69, 9.17) is 23.2 Å². The van der Waals surface area contributed by atoms with Crippen molar-refractivity contribution in [3.8, 4) is 0 Å². The Morgan fingerprint density at radius 1 is 1.21 bits per heavy atom. The summed E-state index contributed by atoms with van der Waals surface area (Å²) in [6.45, 7) is 1.03. The lowest BCUT2D eigenvalue weighted by Gasteiger charge is -2.12. The van der Waals surface area contributed by atoms with Crippen molar-refractivity contribution in [2.45, 2.75) is 6.54 Å². The van der Waals surface area contributed by atoms with Crippen molar-refractivity contribution in [2.24, 2.45) is 0 Å². The zero-order chi connectivity index (χ0) is 17.1. The summed E-state index contributed by atoms with van der Waals surface area (Å²) in [5, 5.41) is 4.83. The summed E-state index contributed by atoms with van der Waals surface area (Å²) >= 11 is 13.5. The van der Waals surface area contributed by atoms with Gasteiger partial charge in [0.1, 0.15) is 11.6 Å². The van der Waals surface area contributed by atoms with Crippen LogP contribution >= 0.6 is 34.5 Å². The second-order valence-corrected chi connectivity index (χ2v) is 7.58. The molecular weight excluding hydrogens is 365 g/mol. The van der Waals surface area contributed by atoms with Crippen molar-refractivity contribution in [3.05, 3.63) is 57.5 Å². The van der Waals surface area contributed by atoms with Crippen LogP contribution in [0.4, 0.5) is 5.69 Å². The number of nitrogens with zero attached hydrogens (tertiary/aromatic N) is 1. The summed E-state index contributed by atoms with van der Waals surface area (Å²) in [6.07, 6.45) is 0. The van der Waals surface area contributed by atoms with E-state index in [1.807, 2.05) is 25.2 Å². The molecule has 1 heterocycles. The highest BCUT2D eigenvalue weighted by Gasteiger charge is 2.14. The van der Waals surface area contributed by atoms with Crippen molar-refractivity contribution in [1.82, 2.24) is 4.98 Å². The van der Waals surface area contributed by atoms with Crippen molar-refractivity contribution in [2.75, 3.05) is 18.9 Å². The summed E-state index contributed by atoms with van der Waals surface area (Å²) in [4.78, 5) is 17.8. The predicted molar refractivity (Wildman–Crippen MR) is 100 cm³/mol. The van der Waals surface area contributed by atoms with E-state index in [0.29, 0.717) is 28.8 Å². The molecular formula is C17H16Cl2N3OS+. The minimum Gasteiger partial charge on any atom is -0.324 e. The van der Waals surface area contributed by atoms with Crippen molar-refractivity contribution in [3.63, 3.8) is 0 Å². The van der Waals surface area contributed by atoms with Crippen LogP contribution in [-0.2, 0) is 11.3 Å². The van der Waals surface area contributed by atoms with E-state index in [9.17, 15) is 4.79 Å². The zero-order valence-corrected chi connectivity index (χ0v) is 15.3. The lowest BCUT2D eigenvalue weighted by Crippen LogP contribution is -3.08. The summed E-state index contributed by atoms with van der Waals surface area (Å²) in [5.41, 5.74) is 1.61. The van der Waals surface area contributed by atoms with Crippen LogP contribution in [0, 0.1) is 0 Å². The minimum atomic E-state index is -0.0908. The number of rotatable bonds is 5. The van der Waals surface area contributed by atoms with Gasteiger partial charge in [-0.2, -0.15) is 0 Å². The number of amides is 1. The zero-order valence-electron chi connectivity index (χ0n) is 13.0. The molecule has 2 N–H and O–H groups in total. The quantitative estimate of drug-likeness (QED) is 0.713. The van der Waals surface area contributed by atoms with Gasteiger partial charge in [0.05, 0.1) is 17.3 Å². The molecule has 0 aliphatic heterocycles. The Labute approximate surface area is 154 Å². The van der Waals surface area contributed by atoms with Crippen LogP contribution < -0.4 is 10.2 Å².